The van der Waals surface area contributed by atoms with E-state index in [0.29, 0.717) is 28.2 Å². The number of hydrogen-bond acceptors (Lipinski definition) is 4. The molecule has 3 unspecified atom stereocenters. The predicted octanol–water partition coefficient (Wildman–Crippen LogP) is 5.60. The highest BCUT2D eigenvalue weighted by Gasteiger charge is 2.34. The Morgan fingerprint density at radius 1 is 1.00 bits per heavy atom. The van der Waals surface area contributed by atoms with Gasteiger partial charge in [-0.15, -0.1) is 11.3 Å². The summed E-state index contributed by atoms with van der Waals surface area (Å²) in [6.45, 7) is 4.02. The maximum absolute atomic E-state index is 13.5. The van der Waals surface area contributed by atoms with E-state index in [4.69, 9.17) is 10.1 Å². The van der Waals surface area contributed by atoms with Gasteiger partial charge in [0.1, 0.15) is 0 Å². The number of thiazole rings is 1. The highest BCUT2D eigenvalue weighted by atomic mass is 32.1. The number of nitrogens with zero attached hydrogens (tertiary/aromatic N) is 5. The minimum absolute atomic E-state index is 0.139. The summed E-state index contributed by atoms with van der Waals surface area (Å²) in [7, 11) is 1.89. The van der Waals surface area contributed by atoms with E-state index in [-0.39, 0.29) is 5.56 Å². The first-order valence-corrected chi connectivity index (χ1v) is 13.3. The third-order valence-electron chi connectivity index (χ3n) is 7.47. The Kier molecular flexibility index (Phi) is 5.72. The first-order valence-electron chi connectivity index (χ1n) is 12.4. The van der Waals surface area contributed by atoms with E-state index in [0.717, 1.165) is 29.1 Å². The molecule has 7 heteroatoms. The van der Waals surface area contributed by atoms with Crippen molar-refractivity contribution in [1.82, 2.24) is 14.0 Å². The quantitative estimate of drug-likeness (QED) is 0.263. The number of para-hydroxylation sites is 1. The Hall–Kier alpha value is -3.71. The van der Waals surface area contributed by atoms with Crippen molar-refractivity contribution in [3.05, 3.63) is 98.5 Å². The summed E-state index contributed by atoms with van der Waals surface area (Å²) in [5.41, 5.74) is 5.19. The molecule has 2 heterocycles. The van der Waals surface area contributed by atoms with Crippen molar-refractivity contribution in [1.29, 1.82) is 0 Å². The Morgan fingerprint density at radius 2 is 1.78 bits per heavy atom. The molecule has 2 aromatic heterocycles. The van der Waals surface area contributed by atoms with Crippen LogP contribution in [0.1, 0.15) is 24.1 Å². The van der Waals surface area contributed by atoms with Crippen LogP contribution in [0.2, 0.25) is 0 Å². The summed E-state index contributed by atoms with van der Waals surface area (Å²) in [6, 6.07) is 18.1. The molecular weight excluding hydrogens is 466 g/mol. The molecule has 0 aliphatic heterocycles. The van der Waals surface area contributed by atoms with Gasteiger partial charge in [0.25, 0.3) is 5.56 Å². The van der Waals surface area contributed by atoms with Gasteiger partial charge in [-0.3, -0.25) is 9.48 Å². The van der Waals surface area contributed by atoms with Gasteiger partial charge in [-0.25, -0.2) is 14.4 Å². The van der Waals surface area contributed by atoms with E-state index in [1.807, 2.05) is 53.7 Å². The number of benzene rings is 2. The molecule has 0 amide bonds. The minimum atomic E-state index is -0.139. The monoisotopic (exact) mass is 495 g/mol. The van der Waals surface area contributed by atoms with Crippen molar-refractivity contribution < 1.29 is 0 Å². The Balaban J connectivity index is 1.48. The zero-order chi connectivity index (χ0) is 24.8. The normalized spacial score (nSPS) is 21.3. The van der Waals surface area contributed by atoms with Crippen molar-refractivity contribution in [2.75, 3.05) is 0 Å². The molecule has 0 spiro atoms. The lowest BCUT2D eigenvalue weighted by atomic mass is 9.95. The Labute approximate surface area is 214 Å². The first kappa shape index (κ1) is 22.7. The topological polar surface area (TPSA) is 56.6 Å². The average molecular weight is 496 g/mol. The summed E-state index contributed by atoms with van der Waals surface area (Å²) >= 11 is 1.51. The molecule has 3 atom stereocenters. The smallest absolute Gasteiger partial charge is 0.283 e. The predicted molar refractivity (Wildman–Crippen MR) is 146 cm³/mol. The van der Waals surface area contributed by atoms with Crippen LogP contribution in [0.5, 0.6) is 0 Å². The summed E-state index contributed by atoms with van der Waals surface area (Å²) in [5, 5.41) is 7.05. The standard InChI is InChI=1S/C29H29N5OS/c1-19-9-12-22(13-10-19)26-18-36-29(33(26)30-17-24-16-21-11-14-23(24)15-21)31-27-20(2)32(3)34(28(27)35)25-7-5-4-6-8-25/h4-14,17-18,21,23-24H,15-16H2,1-3H3. The van der Waals surface area contributed by atoms with Gasteiger partial charge >= 0.3 is 0 Å². The number of aromatic nitrogens is 3. The molecule has 4 aromatic rings. The van der Waals surface area contributed by atoms with Gasteiger partial charge in [0.2, 0.25) is 4.80 Å². The van der Waals surface area contributed by atoms with Crippen LogP contribution in [0.25, 0.3) is 16.9 Å². The second-order valence-electron chi connectivity index (χ2n) is 9.81. The van der Waals surface area contributed by atoms with E-state index in [9.17, 15) is 4.79 Å². The van der Waals surface area contributed by atoms with Gasteiger partial charge in [-0.05, 0) is 50.7 Å². The molecule has 6 rings (SSSR count). The van der Waals surface area contributed by atoms with Crippen LogP contribution in [-0.2, 0) is 7.05 Å². The molecule has 0 radical (unpaired) electrons. The van der Waals surface area contributed by atoms with Crippen molar-refractivity contribution >= 4 is 23.2 Å². The second-order valence-corrected chi connectivity index (χ2v) is 10.6. The first-order chi connectivity index (χ1) is 17.5. The SMILES string of the molecule is Cc1ccc(-c2csc(=Nc3c(C)n(C)n(-c4ccccc4)c3=O)n2N=CC2CC3C=CC2C3)cc1. The fraction of sp³-hybridized carbons (Fsp3) is 0.276. The van der Waals surface area contributed by atoms with E-state index >= 15 is 0 Å². The molecule has 182 valence electrons. The summed E-state index contributed by atoms with van der Waals surface area (Å²) < 4.78 is 5.43. The van der Waals surface area contributed by atoms with Crippen LogP contribution in [0.15, 0.2) is 87.0 Å². The van der Waals surface area contributed by atoms with Crippen LogP contribution in [0, 0.1) is 31.6 Å². The zero-order valence-electron chi connectivity index (χ0n) is 20.7. The molecule has 2 aliphatic rings. The highest BCUT2D eigenvalue weighted by Crippen LogP contribution is 2.42. The van der Waals surface area contributed by atoms with Gasteiger partial charge in [0, 0.05) is 30.1 Å². The third-order valence-corrected chi connectivity index (χ3v) is 8.28. The van der Waals surface area contributed by atoms with Gasteiger partial charge in [-0.1, -0.05) is 60.2 Å². The van der Waals surface area contributed by atoms with E-state index in [1.165, 1.54) is 23.3 Å². The van der Waals surface area contributed by atoms with Crippen molar-refractivity contribution in [3.63, 3.8) is 0 Å². The minimum Gasteiger partial charge on any atom is -0.283 e. The molecule has 0 saturated heterocycles. The lowest BCUT2D eigenvalue weighted by Gasteiger charge is -2.12. The Morgan fingerprint density at radius 3 is 2.47 bits per heavy atom. The van der Waals surface area contributed by atoms with Crippen LogP contribution >= 0.6 is 11.3 Å². The van der Waals surface area contributed by atoms with E-state index in [2.05, 4.69) is 54.9 Å². The summed E-state index contributed by atoms with van der Waals surface area (Å²) in [5.74, 6) is 1.71. The molecule has 2 bridgehead atoms. The number of fused-ring (bicyclic) bond motifs is 2. The molecule has 2 aliphatic carbocycles. The maximum atomic E-state index is 13.5. The molecule has 6 nitrogen and oxygen atoms in total. The van der Waals surface area contributed by atoms with Gasteiger partial charge < -0.3 is 0 Å². The maximum Gasteiger partial charge on any atom is 0.297 e. The molecule has 1 saturated carbocycles. The lowest BCUT2D eigenvalue weighted by molar-refractivity contribution is 0.590. The molecular formula is C29H29N5OS. The van der Waals surface area contributed by atoms with Crippen LogP contribution in [0.3, 0.4) is 0 Å². The molecule has 1 fully saturated rings. The average Bonchev–Trinajstić information content (AvgIpc) is 3.66. The fourth-order valence-electron chi connectivity index (χ4n) is 5.34. The highest BCUT2D eigenvalue weighted by molar-refractivity contribution is 7.07. The fourth-order valence-corrected chi connectivity index (χ4v) is 6.18. The summed E-state index contributed by atoms with van der Waals surface area (Å²) in [4.78, 5) is 19.1. The largest absolute Gasteiger partial charge is 0.297 e. The van der Waals surface area contributed by atoms with Gasteiger partial charge in [-0.2, -0.15) is 5.10 Å². The van der Waals surface area contributed by atoms with Crippen molar-refractivity contribution in [2.45, 2.75) is 26.7 Å². The number of rotatable bonds is 5. The van der Waals surface area contributed by atoms with Gasteiger partial charge in [0.15, 0.2) is 5.69 Å². The third kappa shape index (κ3) is 3.93. The number of aryl methyl sites for hydroxylation is 1. The lowest BCUT2D eigenvalue weighted by Crippen LogP contribution is -2.20. The number of allylic oxidation sites excluding steroid dienone is 2. The van der Waals surface area contributed by atoms with Crippen LogP contribution in [0.4, 0.5) is 5.69 Å². The van der Waals surface area contributed by atoms with Crippen molar-refractivity contribution in [3.8, 4) is 16.9 Å². The summed E-state index contributed by atoms with van der Waals surface area (Å²) in [6.07, 6.45) is 9.17. The zero-order valence-corrected chi connectivity index (χ0v) is 21.5. The molecule has 0 N–H and O–H groups in total. The van der Waals surface area contributed by atoms with Crippen LogP contribution in [-0.4, -0.2) is 20.3 Å². The van der Waals surface area contributed by atoms with E-state index < -0.39 is 0 Å². The van der Waals surface area contributed by atoms with Crippen molar-refractivity contribution in [2.24, 2.45) is 34.9 Å². The number of hydrogen-bond donors (Lipinski definition) is 0. The van der Waals surface area contributed by atoms with E-state index in [1.54, 1.807) is 4.68 Å². The molecule has 2 aromatic carbocycles. The van der Waals surface area contributed by atoms with Gasteiger partial charge in [0.05, 0.1) is 17.1 Å². The van der Waals surface area contributed by atoms with Crippen LogP contribution < -0.4 is 10.4 Å². The Bertz CT molecular complexity index is 1600. The molecule has 36 heavy (non-hydrogen) atoms. The second kappa shape index (κ2) is 9.06.